The molecule has 2 N–H and O–H groups in total. The number of nitrogens with zero attached hydrogens (tertiary/aromatic N) is 3. The molecule has 0 atom stereocenters. The van der Waals surface area contributed by atoms with Gasteiger partial charge in [0.2, 0.25) is 0 Å². The van der Waals surface area contributed by atoms with Crippen molar-refractivity contribution < 1.29 is 0 Å². The summed E-state index contributed by atoms with van der Waals surface area (Å²) in [4.78, 5) is 8.03. The van der Waals surface area contributed by atoms with E-state index in [2.05, 4.69) is 26.8 Å². The number of benzene rings is 1. The second-order valence-electron chi connectivity index (χ2n) is 4.01. The third-order valence-electron chi connectivity index (χ3n) is 2.76. The van der Waals surface area contributed by atoms with Gasteiger partial charge in [-0.3, -0.25) is 0 Å². The predicted octanol–water partition coefficient (Wildman–Crippen LogP) is 2.06. The van der Waals surface area contributed by atoms with Crippen molar-refractivity contribution in [1.29, 1.82) is 0 Å². The highest BCUT2D eigenvalue weighted by Crippen LogP contribution is 2.19. The summed E-state index contributed by atoms with van der Waals surface area (Å²) in [7, 11) is 0. The molecule has 2 heterocycles. The Hall–Kier alpha value is -2.36. The van der Waals surface area contributed by atoms with E-state index in [1.165, 1.54) is 11.7 Å². The Kier molecular flexibility index (Phi) is 2.26. The molecule has 2 aromatic heterocycles. The number of hydrogen-bond donors (Lipinski definition) is 1. The maximum Gasteiger partial charge on any atom is 0.115 e. The van der Waals surface area contributed by atoms with E-state index in [1.54, 1.807) is 0 Å². The third-order valence-corrected chi connectivity index (χ3v) is 2.76. The minimum Gasteiger partial charge on any atom is -0.399 e. The van der Waals surface area contributed by atoms with E-state index in [0.717, 1.165) is 23.3 Å². The SMILES string of the molecule is Nc1ccc2ccn(Cc3cncnc3)c2c1. The number of nitrogens with two attached hydrogens (primary N) is 1. The van der Waals surface area contributed by atoms with Crippen molar-refractivity contribution in [1.82, 2.24) is 14.5 Å². The second kappa shape index (κ2) is 3.90. The molecule has 0 unspecified atom stereocenters. The van der Waals surface area contributed by atoms with Crippen molar-refractivity contribution >= 4 is 16.6 Å². The van der Waals surface area contributed by atoms with Gasteiger partial charge in [0.05, 0.1) is 12.1 Å². The van der Waals surface area contributed by atoms with Gasteiger partial charge in [-0.2, -0.15) is 0 Å². The highest BCUT2D eigenvalue weighted by molar-refractivity contribution is 5.83. The summed E-state index contributed by atoms with van der Waals surface area (Å²) in [6, 6.07) is 8.01. The summed E-state index contributed by atoms with van der Waals surface area (Å²) < 4.78 is 2.14. The molecule has 0 spiro atoms. The molecule has 1 aromatic carbocycles. The van der Waals surface area contributed by atoms with Crippen molar-refractivity contribution in [2.24, 2.45) is 0 Å². The first-order valence-electron chi connectivity index (χ1n) is 5.41. The van der Waals surface area contributed by atoms with Crippen LogP contribution in [0.1, 0.15) is 5.56 Å². The molecule has 0 amide bonds. The number of rotatable bonds is 2. The van der Waals surface area contributed by atoms with Gasteiger partial charge in [-0.15, -0.1) is 0 Å². The molecule has 0 bridgehead atoms. The van der Waals surface area contributed by atoms with Crippen molar-refractivity contribution in [2.45, 2.75) is 6.54 Å². The van der Waals surface area contributed by atoms with E-state index in [9.17, 15) is 0 Å². The number of aromatic nitrogens is 3. The molecule has 0 aliphatic heterocycles. The van der Waals surface area contributed by atoms with E-state index < -0.39 is 0 Å². The number of nitrogen functional groups attached to an aromatic ring is 1. The van der Waals surface area contributed by atoms with Crippen LogP contribution in [0.2, 0.25) is 0 Å². The summed E-state index contributed by atoms with van der Waals surface area (Å²) in [5, 5.41) is 1.19. The van der Waals surface area contributed by atoms with Gasteiger partial charge in [-0.1, -0.05) is 6.07 Å². The minimum atomic E-state index is 0.758. The van der Waals surface area contributed by atoms with Crippen LogP contribution in [-0.2, 0) is 6.54 Å². The van der Waals surface area contributed by atoms with Crippen LogP contribution in [0, 0.1) is 0 Å². The minimum absolute atomic E-state index is 0.758. The van der Waals surface area contributed by atoms with Crippen LogP contribution >= 0.6 is 0 Å². The van der Waals surface area contributed by atoms with Gasteiger partial charge >= 0.3 is 0 Å². The fourth-order valence-electron chi connectivity index (χ4n) is 1.95. The van der Waals surface area contributed by atoms with Crippen LogP contribution in [0.15, 0.2) is 49.2 Å². The van der Waals surface area contributed by atoms with Gasteiger partial charge in [-0.05, 0) is 23.6 Å². The summed E-state index contributed by atoms with van der Waals surface area (Å²) in [5.74, 6) is 0. The summed E-state index contributed by atoms with van der Waals surface area (Å²) >= 11 is 0. The van der Waals surface area contributed by atoms with Crippen molar-refractivity contribution in [3.8, 4) is 0 Å². The Morgan fingerprint density at radius 1 is 1.12 bits per heavy atom. The molecule has 84 valence electrons. The molecule has 4 nitrogen and oxygen atoms in total. The quantitative estimate of drug-likeness (QED) is 0.678. The van der Waals surface area contributed by atoms with E-state index in [-0.39, 0.29) is 0 Å². The van der Waals surface area contributed by atoms with Crippen molar-refractivity contribution in [3.05, 3.63) is 54.7 Å². The molecule has 3 rings (SSSR count). The highest BCUT2D eigenvalue weighted by atomic mass is 15.0. The van der Waals surface area contributed by atoms with Crippen molar-refractivity contribution in [3.63, 3.8) is 0 Å². The van der Waals surface area contributed by atoms with Crippen LogP contribution in [0.25, 0.3) is 10.9 Å². The molecule has 0 saturated heterocycles. The molecular formula is C13H12N4. The van der Waals surface area contributed by atoms with Crippen LogP contribution < -0.4 is 5.73 Å². The molecule has 3 aromatic rings. The van der Waals surface area contributed by atoms with Crippen molar-refractivity contribution in [2.75, 3.05) is 5.73 Å². The Morgan fingerprint density at radius 2 is 1.94 bits per heavy atom. The molecular weight excluding hydrogens is 212 g/mol. The fourth-order valence-corrected chi connectivity index (χ4v) is 1.95. The van der Waals surface area contributed by atoms with Gasteiger partial charge < -0.3 is 10.3 Å². The largest absolute Gasteiger partial charge is 0.399 e. The Balaban J connectivity index is 2.03. The van der Waals surface area contributed by atoms with Gasteiger partial charge in [0.25, 0.3) is 0 Å². The smallest absolute Gasteiger partial charge is 0.115 e. The van der Waals surface area contributed by atoms with E-state index in [4.69, 9.17) is 5.73 Å². The molecule has 0 radical (unpaired) electrons. The second-order valence-corrected chi connectivity index (χ2v) is 4.01. The fraction of sp³-hybridized carbons (Fsp3) is 0.0769. The van der Waals surface area contributed by atoms with E-state index >= 15 is 0 Å². The summed E-state index contributed by atoms with van der Waals surface area (Å²) in [6.07, 6.45) is 7.24. The Labute approximate surface area is 98.7 Å². The molecule has 0 aliphatic rings. The normalized spacial score (nSPS) is 10.8. The average Bonchev–Trinajstić information content (AvgIpc) is 2.73. The number of anilines is 1. The van der Waals surface area contributed by atoms with Gasteiger partial charge in [0.15, 0.2) is 0 Å². The third kappa shape index (κ3) is 1.85. The molecule has 0 fully saturated rings. The lowest BCUT2D eigenvalue weighted by molar-refractivity contribution is 0.824. The number of fused-ring (bicyclic) bond motifs is 1. The standard InChI is InChI=1S/C13H12N4/c14-12-2-1-11-3-4-17(13(11)5-12)8-10-6-15-9-16-7-10/h1-7,9H,8,14H2. The van der Waals surface area contributed by atoms with Crippen LogP contribution in [0.3, 0.4) is 0 Å². The van der Waals surface area contributed by atoms with E-state index in [1.807, 2.05) is 30.6 Å². The first kappa shape index (κ1) is 9.84. The van der Waals surface area contributed by atoms with Gasteiger partial charge in [-0.25, -0.2) is 9.97 Å². The predicted molar refractivity (Wildman–Crippen MR) is 67.5 cm³/mol. The summed E-state index contributed by atoms with van der Waals surface area (Å²) in [6.45, 7) is 0.758. The lowest BCUT2D eigenvalue weighted by atomic mass is 10.2. The van der Waals surface area contributed by atoms with E-state index in [0.29, 0.717) is 0 Å². The first-order chi connectivity index (χ1) is 8.33. The van der Waals surface area contributed by atoms with Crippen LogP contribution in [0.5, 0.6) is 0 Å². The Bertz CT molecular complexity index is 643. The maximum atomic E-state index is 5.81. The van der Waals surface area contributed by atoms with Crippen LogP contribution in [0.4, 0.5) is 5.69 Å². The zero-order valence-corrected chi connectivity index (χ0v) is 9.24. The highest BCUT2D eigenvalue weighted by Gasteiger charge is 2.02. The zero-order chi connectivity index (χ0) is 11.7. The average molecular weight is 224 g/mol. The maximum absolute atomic E-state index is 5.81. The molecule has 17 heavy (non-hydrogen) atoms. The lowest BCUT2D eigenvalue weighted by Crippen LogP contribution is -1.99. The van der Waals surface area contributed by atoms with Crippen LogP contribution in [-0.4, -0.2) is 14.5 Å². The first-order valence-corrected chi connectivity index (χ1v) is 5.41. The Morgan fingerprint density at radius 3 is 2.76 bits per heavy atom. The topological polar surface area (TPSA) is 56.7 Å². The van der Waals surface area contributed by atoms with Gasteiger partial charge in [0.1, 0.15) is 6.33 Å². The molecule has 0 saturated carbocycles. The lowest BCUT2D eigenvalue weighted by Gasteiger charge is -2.05. The van der Waals surface area contributed by atoms with Gasteiger partial charge in [0, 0.05) is 29.8 Å². The molecule has 0 aliphatic carbocycles. The molecule has 4 heteroatoms. The monoisotopic (exact) mass is 224 g/mol. The summed E-state index contributed by atoms with van der Waals surface area (Å²) in [5.41, 5.74) is 8.80. The zero-order valence-electron chi connectivity index (χ0n) is 9.24. The number of hydrogen-bond acceptors (Lipinski definition) is 3.